The molecule has 0 atom stereocenters. The summed E-state index contributed by atoms with van der Waals surface area (Å²) in [5.74, 6) is -0.0926. The van der Waals surface area contributed by atoms with E-state index in [4.69, 9.17) is 22.1 Å². The van der Waals surface area contributed by atoms with Crippen LogP contribution in [-0.2, 0) is 4.74 Å². The molecule has 1 aromatic carbocycles. The number of halogens is 1. The second-order valence-corrected chi connectivity index (χ2v) is 3.27. The van der Waals surface area contributed by atoms with Crippen molar-refractivity contribution in [3.63, 3.8) is 0 Å². The Balaban J connectivity index is 2.76. The largest absolute Gasteiger partial charge is 0.461 e. The van der Waals surface area contributed by atoms with Gasteiger partial charge >= 0.3 is 5.97 Å². The van der Waals surface area contributed by atoms with Crippen LogP contribution in [0.4, 0.5) is 5.69 Å². The van der Waals surface area contributed by atoms with E-state index in [0.717, 1.165) is 5.56 Å². The van der Waals surface area contributed by atoms with Gasteiger partial charge in [0.15, 0.2) is 0 Å². The molecule has 0 aliphatic rings. The lowest BCUT2D eigenvalue weighted by atomic mass is 10.1. The van der Waals surface area contributed by atoms with Gasteiger partial charge in [0.2, 0.25) is 0 Å². The number of anilines is 1. The molecule has 0 heterocycles. The molecule has 0 saturated heterocycles. The summed E-state index contributed by atoms with van der Waals surface area (Å²) < 4.78 is 4.85. The summed E-state index contributed by atoms with van der Waals surface area (Å²) in [6.07, 6.45) is 0. The van der Waals surface area contributed by atoms with Crippen LogP contribution < -0.4 is 5.73 Å². The summed E-state index contributed by atoms with van der Waals surface area (Å²) in [4.78, 5) is 11.3. The molecule has 0 radical (unpaired) electrons. The summed E-state index contributed by atoms with van der Waals surface area (Å²) in [6.45, 7) is 2.09. The van der Waals surface area contributed by atoms with Crippen LogP contribution in [0.15, 0.2) is 18.2 Å². The predicted octanol–water partition coefficient (Wildman–Crippen LogP) is 1.97. The summed E-state index contributed by atoms with van der Waals surface area (Å²) in [6, 6.07) is 5.07. The fourth-order valence-corrected chi connectivity index (χ4v) is 1.06. The highest BCUT2D eigenvalue weighted by molar-refractivity contribution is 6.18. The molecule has 1 rings (SSSR count). The average molecular weight is 214 g/mol. The van der Waals surface area contributed by atoms with E-state index < -0.39 is 5.97 Å². The molecule has 0 bridgehead atoms. The second-order valence-electron chi connectivity index (χ2n) is 2.90. The lowest BCUT2D eigenvalue weighted by Crippen LogP contribution is -2.07. The van der Waals surface area contributed by atoms with Gasteiger partial charge in [-0.15, -0.1) is 11.6 Å². The van der Waals surface area contributed by atoms with Gasteiger partial charge in [-0.1, -0.05) is 6.07 Å². The monoisotopic (exact) mass is 213 g/mol. The molecule has 76 valence electrons. The fraction of sp³-hybridized carbons (Fsp3) is 0.300. The van der Waals surface area contributed by atoms with E-state index in [2.05, 4.69) is 0 Å². The molecule has 3 nitrogen and oxygen atoms in total. The summed E-state index contributed by atoms with van der Waals surface area (Å²) in [5.41, 5.74) is 7.64. The number of nitrogen functional groups attached to an aromatic ring is 1. The first kappa shape index (κ1) is 10.9. The van der Waals surface area contributed by atoms with E-state index in [0.29, 0.717) is 17.1 Å². The van der Waals surface area contributed by atoms with Crippen LogP contribution in [0, 0.1) is 6.92 Å². The van der Waals surface area contributed by atoms with Gasteiger partial charge in [-0.05, 0) is 24.6 Å². The zero-order chi connectivity index (χ0) is 10.6. The maximum atomic E-state index is 11.3. The third-order valence-corrected chi connectivity index (χ3v) is 1.98. The van der Waals surface area contributed by atoms with Crippen LogP contribution in [0.3, 0.4) is 0 Å². The van der Waals surface area contributed by atoms with Gasteiger partial charge in [-0.25, -0.2) is 4.79 Å². The first-order valence-electron chi connectivity index (χ1n) is 4.24. The Hall–Kier alpha value is -1.22. The Bertz CT molecular complexity index is 339. The molecular formula is C10H12ClNO2. The van der Waals surface area contributed by atoms with E-state index in [-0.39, 0.29) is 6.61 Å². The maximum Gasteiger partial charge on any atom is 0.338 e. The topological polar surface area (TPSA) is 52.3 Å². The molecule has 0 aromatic heterocycles. The van der Waals surface area contributed by atoms with Gasteiger partial charge in [0.1, 0.15) is 6.61 Å². The number of nitrogens with two attached hydrogens (primary N) is 1. The molecule has 2 N–H and O–H groups in total. The van der Waals surface area contributed by atoms with Crippen molar-refractivity contribution < 1.29 is 9.53 Å². The van der Waals surface area contributed by atoms with E-state index >= 15 is 0 Å². The van der Waals surface area contributed by atoms with Crippen LogP contribution in [0.2, 0.25) is 0 Å². The Morgan fingerprint density at radius 2 is 2.29 bits per heavy atom. The molecule has 0 fully saturated rings. The molecule has 0 unspecified atom stereocenters. The van der Waals surface area contributed by atoms with Crippen molar-refractivity contribution in [1.29, 1.82) is 0 Å². The Morgan fingerprint density at radius 1 is 1.57 bits per heavy atom. The van der Waals surface area contributed by atoms with Crippen molar-refractivity contribution in [3.8, 4) is 0 Å². The molecule has 0 spiro atoms. The Kier molecular flexibility index (Phi) is 3.77. The standard InChI is InChI=1S/C10H12ClNO2/c1-7-2-3-8(6-9(7)12)10(13)14-5-4-11/h2-3,6H,4-5,12H2,1H3. The number of aryl methyl sites for hydroxylation is 1. The maximum absolute atomic E-state index is 11.3. The van der Waals surface area contributed by atoms with Crippen molar-refractivity contribution in [2.45, 2.75) is 6.92 Å². The van der Waals surface area contributed by atoms with Crippen molar-refractivity contribution >= 4 is 23.3 Å². The molecule has 4 heteroatoms. The third kappa shape index (κ3) is 2.64. The second kappa shape index (κ2) is 4.86. The fourth-order valence-electron chi connectivity index (χ4n) is 0.982. The summed E-state index contributed by atoms with van der Waals surface area (Å²) in [7, 11) is 0. The molecule has 0 amide bonds. The molecule has 0 saturated carbocycles. The van der Waals surface area contributed by atoms with E-state index in [1.165, 1.54) is 0 Å². The van der Waals surface area contributed by atoms with Crippen molar-refractivity contribution in [2.75, 3.05) is 18.2 Å². The summed E-state index contributed by atoms with van der Waals surface area (Å²) >= 11 is 5.39. The molecular weight excluding hydrogens is 202 g/mol. The normalized spacial score (nSPS) is 9.86. The van der Waals surface area contributed by atoms with Gasteiger partial charge in [0, 0.05) is 5.69 Å². The number of rotatable bonds is 3. The van der Waals surface area contributed by atoms with Crippen LogP contribution in [0.25, 0.3) is 0 Å². The Morgan fingerprint density at radius 3 is 2.86 bits per heavy atom. The van der Waals surface area contributed by atoms with Gasteiger partial charge in [0.25, 0.3) is 0 Å². The minimum absolute atomic E-state index is 0.216. The highest BCUT2D eigenvalue weighted by Gasteiger charge is 2.07. The lowest BCUT2D eigenvalue weighted by molar-refractivity contribution is 0.0529. The van der Waals surface area contributed by atoms with E-state index in [1.54, 1.807) is 18.2 Å². The number of carbonyl (C=O) groups excluding carboxylic acids is 1. The lowest BCUT2D eigenvalue weighted by Gasteiger charge is -2.04. The van der Waals surface area contributed by atoms with Gasteiger partial charge in [-0.2, -0.15) is 0 Å². The Labute approximate surface area is 87.8 Å². The zero-order valence-corrected chi connectivity index (χ0v) is 8.67. The molecule has 0 aliphatic carbocycles. The van der Waals surface area contributed by atoms with Crippen LogP contribution in [0.1, 0.15) is 15.9 Å². The number of alkyl halides is 1. The highest BCUT2D eigenvalue weighted by atomic mass is 35.5. The molecule has 1 aromatic rings. The molecule has 14 heavy (non-hydrogen) atoms. The van der Waals surface area contributed by atoms with Gasteiger partial charge in [-0.3, -0.25) is 0 Å². The van der Waals surface area contributed by atoms with Crippen LogP contribution in [0.5, 0.6) is 0 Å². The first-order valence-corrected chi connectivity index (χ1v) is 4.78. The van der Waals surface area contributed by atoms with Crippen LogP contribution in [-0.4, -0.2) is 18.5 Å². The van der Waals surface area contributed by atoms with Gasteiger partial charge < -0.3 is 10.5 Å². The minimum Gasteiger partial charge on any atom is -0.461 e. The molecule has 0 aliphatic heterocycles. The predicted molar refractivity (Wildman–Crippen MR) is 56.6 cm³/mol. The highest BCUT2D eigenvalue weighted by Crippen LogP contribution is 2.13. The van der Waals surface area contributed by atoms with E-state index in [9.17, 15) is 4.79 Å². The quantitative estimate of drug-likeness (QED) is 0.475. The SMILES string of the molecule is Cc1ccc(C(=O)OCCCl)cc1N. The van der Waals surface area contributed by atoms with Crippen molar-refractivity contribution in [2.24, 2.45) is 0 Å². The van der Waals surface area contributed by atoms with Crippen molar-refractivity contribution in [1.82, 2.24) is 0 Å². The van der Waals surface area contributed by atoms with Gasteiger partial charge in [0.05, 0.1) is 11.4 Å². The van der Waals surface area contributed by atoms with Crippen LogP contribution >= 0.6 is 11.6 Å². The smallest absolute Gasteiger partial charge is 0.338 e. The number of hydrogen-bond acceptors (Lipinski definition) is 3. The number of ether oxygens (including phenoxy) is 1. The zero-order valence-electron chi connectivity index (χ0n) is 7.92. The number of hydrogen-bond donors (Lipinski definition) is 1. The number of esters is 1. The summed E-state index contributed by atoms with van der Waals surface area (Å²) in [5, 5.41) is 0. The van der Waals surface area contributed by atoms with E-state index in [1.807, 2.05) is 6.92 Å². The average Bonchev–Trinajstić information content (AvgIpc) is 2.18. The minimum atomic E-state index is -0.391. The first-order chi connectivity index (χ1) is 6.65. The number of benzene rings is 1. The third-order valence-electron chi connectivity index (χ3n) is 1.83. The number of carbonyl (C=O) groups is 1. The van der Waals surface area contributed by atoms with Crippen molar-refractivity contribution in [3.05, 3.63) is 29.3 Å².